The monoisotopic (exact) mass is 339 g/mol. The van der Waals surface area contributed by atoms with E-state index in [1.54, 1.807) is 19.2 Å². The molecule has 5 nitrogen and oxygen atoms in total. The third kappa shape index (κ3) is 2.68. The zero-order valence-electron chi connectivity index (χ0n) is 13.3. The Morgan fingerprint density at radius 1 is 1.17 bits per heavy atom. The minimum Gasteiger partial charge on any atom is -0.376 e. The van der Waals surface area contributed by atoms with Crippen LogP contribution >= 0.6 is 11.7 Å². The number of benzene rings is 2. The highest BCUT2D eigenvalue weighted by Gasteiger charge is 2.37. The standard InChI is InChI=1S/C18H17N3O2S/c1-23-18(9-13-4-2-3-5-14(13)10-18)11-19-17(22)12-6-7-15-16(8-12)21-24-20-15/h2-8H,9-11H2,1H3,(H,19,22). The minimum atomic E-state index is -0.369. The largest absolute Gasteiger partial charge is 0.376 e. The fourth-order valence-corrected chi connectivity index (χ4v) is 3.78. The molecule has 1 amide bonds. The summed E-state index contributed by atoms with van der Waals surface area (Å²) in [5, 5.41) is 3.02. The molecule has 24 heavy (non-hydrogen) atoms. The zero-order chi connectivity index (χ0) is 16.6. The topological polar surface area (TPSA) is 64.1 Å². The molecule has 0 bridgehead atoms. The second-order valence-corrected chi connectivity index (χ2v) is 6.69. The number of methoxy groups -OCH3 is 1. The quantitative estimate of drug-likeness (QED) is 0.793. The van der Waals surface area contributed by atoms with Gasteiger partial charge in [-0.1, -0.05) is 24.3 Å². The van der Waals surface area contributed by atoms with Gasteiger partial charge in [-0.15, -0.1) is 0 Å². The van der Waals surface area contributed by atoms with Gasteiger partial charge in [0.05, 0.1) is 17.3 Å². The molecular weight excluding hydrogens is 322 g/mol. The Morgan fingerprint density at radius 3 is 2.58 bits per heavy atom. The molecule has 0 spiro atoms. The van der Waals surface area contributed by atoms with Crippen LogP contribution in [0.2, 0.25) is 0 Å². The molecule has 0 unspecified atom stereocenters. The van der Waals surface area contributed by atoms with Crippen molar-refractivity contribution in [3.8, 4) is 0 Å². The van der Waals surface area contributed by atoms with Crippen LogP contribution in [0.25, 0.3) is 11.0 Å². The van der Waals surface area contributed by atoms with E-state index in [-0.39, 0.29) is 11.5 Å². The van der Waals surface area contributed by atoms with Crippen LogP contribution in [0.1, 0.15) is 21.5 Å². The number of fused-ring (bicyclic) bond motifs is 2. The van der Waals surface area contributed by atoms with Crippen molar-refractivity contribution in [1.82, 2.24) is 14.1 Å². The number of rotatable bonds is 4. The molecule has 6 heteroatoms. The van der Waals surface area contributed by atoms with Gasteiger partial charge in [-0.3, -0.25) is 4.79 Å². The summed E-state index contributed by atoms with van der Waals surface area (Å²) in [5.41, 5.74) is 4.38. The molecule has 3 aromatic rings. The lowest BCUT2D eigenvalue weighted by Crippen LogP contribution is -2.45. The van der Waals surface area contributed by atoms with Gasteiger partial charge in [0.25, 0.3) is 5.91 Å². The Balaban J connectivity index is 1.48. The SMILES string of the molecule is COC1(CNC(=O)c2ccc3nsnc3c2)Cc2ccccc2C1. The van der Waals surface area contributed by atoms with Crippen molar-refractivity contribution in [2.45, 2.75) is 18.4 Å². The predicted octanol–water partition coefficient (Wildman–Crippen LogP) is 2.61. The van der Waals surface area contributed by atoms with Gasteiger partial charge in [-0.2, -0.15) is 8.75 Å². The number of carbonyl (C=O) groups is 1. The van der Waals surface area contributed by atoms with Gasteiger partial charge in [0.1, 0.15) is 11.0 Å². The smallest absolute Gasteiger partial charge is 0.251 e. The number of hydrogen-bond donors (Lipinski definition) is 1. The Hall–Kier alpha value is -2.31. The van der Waals surface area contributed by atoms with E-state index in [9.17, 15) is 4.79 Å². The summed E-state index contributed by atoms with van der Waals surface area (Å²) in [6.07, 6.45) is 1.63. The molecule has 1 heterocycles. The molecular formula is C18H17N3O2S. The fraction of sp³-hybridized carbons (Fsp3) is 0.278. The van der Waals surface area contributed by atoms with Crippen LogP contribution in [0.15, 0.2) is 42.5 Å². The predicted molar refractivity (Wildman–Crippen MR) is 93.3 cm³/mol. The van der Waals surface area contributed by atoms with Crippen LogP contribution < -0.4 is 5.32 Å². The van der Waals surface area contributed by atoms with Crippen molar-refractivity contribution in [1.29, 1.82) is 0 Å². The van der Waals surface area contributed by atoms with Crippen molar-refractivity contribution in [2.75, 3.05) is 13.7 Å². The maximum absolute atomic E-state index is 12.5. The molecule has 1 aromatic heterocycles. The van der Waals surface area contributed by atoms with E-state index in [2.05, 4.69) is 26.2 Å². The first-order valence-corrected chi connectivity index (χ1v) is 8.55. The van der Waals surface area contributed by atoms with E-state index < -0.39 is 0 Å². The lowest BCUT2D eigenvalue weighted by molar-refractivity contribution is 0.000178. The molecule has 0 fully saturated rings. The first-order valence-electron chi connectivity index (χ1n) is 7.82. The molecule has 0 aliphatic heterocycles. The van der Waals surface area contributed by atoms with Gasteiger partial charge in [-0.25, -0.2) is 0 Å². The summed E-state index contributed by atoms with van der Waals surface area (Å²) in [4.78, 5) is 12.5. The van der Waals surface area contributed by atoms with Crippen LogP contribution in [0.5, 0.6) is 0 Å². The minimum absolute atomic E-state index is 0.114. The highest BCUT2D eigenvalue weighted by atomic mass is 32.1. The van der Waals surface area contributed by atoms with Crippen LogP contribution in [-0.4, -0.2) is 33.9 Å². The number of hydrogen-bond acceptors (Lipinski definition) is 5. The summed E-state index contributed by atoms with van der Waals surface area (Å²) in [6, 6.07) is 13.7. The maximum Gasteiger partial charge on any atom is 0.251 e. The average Bonchev–Trinajstić information content (AvgIpc) is 3.23. The van der Waals surface area contributed by atoms with E-state index in [0.29, 0.717) is 12.1 Å². The van der Waals surface area contributed by atoms with Gasteiger partial charge in [0.2, 0.25) is 0 Å². The number of ether oxygens (including phenoxy) is 1. The zero-order valence-corrected chi connectivity index (χ0v) is 14.1. The highest BCUT2D eigenvalue weighted by Crippen LogP contribution is 2.32. The van der Waals surface area contributed by atoms with E-state index in [4.69, 9.17) is 4.74 Å². The van der Waals surface area contributed by atoms with Crippen molar-refractivity contribution < 1.29 is 9.53 Å². The Labute approximate surface area is 144 Å². The molecule has 0 atom stereocenters. The Morgan fingerprint density at radius 2 is 1.88 bits per heavy atom. The molecule has 4 rings (SSSR count). The third-order valence-electron chi connectivity index (χ3n) is 4.66. The number of nitrogens with zero attached hydrogens (tertiary/aromatic N) is 2. The number of nitrogens with one attached hydrogen (secondary N) is 1. The second-order valence-electron chi connectivity index (χ2n) is 6.16. The van der Waals surface area contributed by atoms with E-state index in [1.165, 1.54) is 11.1 Å². The van der Waals surface area contributed by atoms with E-state index in [1.807, 2.05) is 18.2 Å². The lowest BCUT2D eigenvalue weighted by atomic mass is 10.00. The molecule has 2 aromatic carbocycles. The fourth-order valence-electron chi connectivity index (χ4n) is 3.27. The molecule has 1 aliphatic carbocycles. The van der Waals surface area contributed by atoms with E-state index >= 15 is 0 Å². The Kier molecular flexibility index (Phi) is 3.78. The molecule has 1 N–H and O–H groups in total. The number of aromatic nitrogens is 2. The molecule has 0 saturated carbocycles. The first kappa shape index (κ1) is 15.2. The van der Waals surface area contributed by atoms with Crippen LogP contribution in [0.4, 0.5) is 0 Å². The van der Waals surface area contributed by atoms with Gasteiger partial charge in [0.15, 0.2) is 0 Å². The van der Waals surface area contributed by atoms with Gasteiger partial charge in [0, 0.05) is 32.1 Å². The first-order chi connectivity index (χ1) is 11.7. The maximum atomic E-state index is 12.5. The normalized spacial score (nSPS) is 15.4. The summed E-state index contributed by atoms with van der Waals surface area (Å²) < 4.78 is 14.1. The van der Waals surface area contributed by atoms with Gasteiger partial charge in [-0.05, 0) is 29.3 Å². The molecule has 122 valence electrons. The third-order valence-corrected chi connectivity index (χ3v) is 5.22. The summed E-state index contributed by atoms with van der Waals surface area (Å²) in [5.74, 6) is -0.114. The Bertz CT molecular complexity index is 881. The summed E-state index contributed by atoms with van der Waals surface area (Å²) in [6.45, 7) is 0.477. The second kappa shape index (κ2) is 5.96. The summed E-state index contributed by atoms with van der Waals surface area (Å²) in [7, 11) is 1.71. The average molecular weight is 339 g/mol. The van der Waals surface area contributed by atoms with Crippen LogP contribution in [0.3, 0.4) is 0 Å². The highest BCUT2D eigenvalue weighted by molar-refractivity contribution is 7.00. The molecule has 0 radical (unpaired) electrons. The van der Waals surface area contributed by atoms with Crippen molar-refractivity contribution >= 4 is 28.7 Å². The summed E-state index contributed by atoms with van der Waals surface area (Å²) >= 11 is 1.15. The van der Waals surface area contributed by atoms with Gasteiger partial charge < -0.3 is 10.1 Å². The van der Waals surface area contributed by atoms with E-state index in [0.717, 1.165) is 35.6 Å². The van der Waals surface area contributed by atoms with Crippen molar-refractivity contribution in [2.24, 2.45) is 0 Å². The van der Waals surface area contributed by atoms with Gasteiger partial charge >= 0.3 is 0 Å². The van der Waals surface area contributed by atoms with Crippen LogP contribution in [-0.2, 0) is 17.6 Å². The van der Waals surface area contributed by atoms with Crippen molar-refractivity contribution in [3.05, 3.63) is 59.2 Å². The molecule has 1 aliphatic rings. The number of carbonyl (C=O) groups excluding carboxylic acids is 1. The number of amides is 1. The lowest BCUT2D eigenvalue weighted by Gasteiger charge is -2.27. The molecule has 0 saturated heterocycles. The van der Waals surface area contributed by atoms with Crippen LogP contribution in [0, 0.1) is 0 Å². The van der Waals surface area contributed by atoms with Crippen molar-refractivity contribution in [3.63, 3.8) is 0 Å².